The molecule has 1 amide bonds. The third-order valence-electron chi connectivity index (χ3n) is 4.38. The molecule has 1 unspecified atom stereocenters. The van der Waals surface area contributed by atoms with Gasteiger partial charge in [-0.3, -0.25) is 4.55 Å². The van der Waals surface area contributed by atoms with E-state index in [1.54, 1.807) is 6.07 Å². The topological polar surface area (TPSA) is 105 Å². The zero-order chi connectivity index (χ0) is 18.9. The van der Waals surface area contributed by atoms with Crippen molar-refractivity contribution < 1.29 is 22.5 Å². The summed E-state index contributed by atoms with van der Waals surface area (Å²) in [7, 11) is -2.85. The number of anilines is 1. The molecular weight excluding hydrogens is 356 g/mol. The molecule has 8 heteroatoms. The quantitative estimate of drug-likeness (QED) is 0.693. The fourth-order valence-corrected chi connectivity index (χ4v) is 3.74. The predicted molar refractivity (Wildman–Crippen MR) is 98.1 cm³/mol. The van der Waals surface area contributed by atoms with E-state index in [-0.39, 0.29) is 17.4 Å². The van der Waals surface area contributed by atoms with E-state index in [9.17, 15) is 17.8 Å². The SMILES string of the molecule is CCNc1ccc2c(c1)C(COC(=O)NC)c1cc(S(=O)(=O)O)ccc1-2. The van der Waals surface area contributed by atoms with Crippen molar-refractivity contribution in [2.75, 3.05) is 25.5 Å². The molecule has 3 N–H and O–H groups in total. The number of ether oxygens (including phenoxy) is 1. The Bertz CT molecular complexity index is 956. The minimum atomic E-state index is -4.32. The Morgan fingerprint density at radius 2 is 1.81 bits per heavy atom. The van der Waals surface area contributed by atoms with Crippen LogP contribution in [0.1, 0.15) is 24.0 Å². The summed E-state index contributed by atoms with van der Waals surface area (Å²) in [6, 6.07) is 10.4. The number of alkyl carbamates (subject to hydrolysis) is 1. The van der Waals surface area contributed by atoms with Gasteiger partial charge < -0.3 is 15.4 Å². The first kappa shape index (κ1) is 18.2. The van der Waals surface area contributed by atoms with Crippen molar-refractivity contribution in [1.82, 2.24) is 5.32 Å². The number of hydrogen-bond donors (Lipinski definition) is 3. The van der Waals surface area contributed by atoms with Gasteiger partial charge in [-0.25, -0.2) is 4.79 Å². The summed E-state index contributed by atoms with van der Waals surface area (Å²) >= 11 is 0. The van der Waals surface area contributed by atoms with Gasteiger partial charge in [0.15, 0.2) is 0 Å². The van der Waals surface area contributed by atoms with Crippen LogP contribution in [0, 0.1) is 0 Å². The van der Waals surface area contributed by atoms with Crippen molar-refractivity contribution in [3.05, 3.63) is 47.5 Å². The average molecular weight is 376 g/mol. The summed E-state index contributed by atoms with van der Waals surface area (Å²) in [6.45, 7) is 2.81. The smallest absolute Gasteiger partial charge is 0.406 e. The molecule has 0 saturated heterocycles. The first-order valence-corrected chi connectivity index (χ1v) is 9.63. The summed E-state index contributed by atoms with van der Waals surface area (Å²) < 4.78 is 37.6. The lowest BCUT2D eigenvalue weighted by Gasteiger charge is -2.15. The highest BCUT2D eigenvalue weighted by Gasteiger charge is 2.31. The average Bonchev–Trinajstić information content (AvgIpc) is 2.91. The summed E-state index contributed by atoms with van der Waals surface area (Å²) in [5.41, 5.74) is 4.39. The summed E-state index contributed by atoms with van der Waals surface area (Å²) in [6.07, 6.45) is -0.561. The maximum Gasteiger partial charge on any atom is 0.406 e. The number of amides is 1. The maximum absolute atomic E-state index is 11.5. The molecule has 138 valence electrons. The molecule has 7 nitrogen and oxygen atoms in total. The second kappa shape index (κ2) is 6.97. The van der Waals surface area contributed by atoms with Crippen LogP contribution in [0.5, 0.6) is 0 Å². The van der Waals surface area contributed by atoms with Crippen LogP contribution in [-0.2, 0) is 14.9 Å². The third-order valence-corrected chi connectivity index (χ3v) is 5.23. The van der Waals surface area contributed by atoms with Crippen LogP contribution in [0.25, 0.3) is 11.1 Å². The Hall–Kier alpha value is -2.58. The van der Waals surface area contributed by atoms with Gasteiger partial charge in [0.25, 0.3) is 10.1 Å². The van der Waals surface area contributed by atoms with Crippen molar-refractivity contribution in [1.29, 1.82) is 0 Å². The zero-order valence-electron chi connectivity index (χ0n) is 14.4. The first-order chi connectivity index (χ1) is 12.3. The third kappa shape index (κ3) is 3.38. The number of nitrogens with one attached hydrogen (secondary N) is 2. The molecule has 0 fully saturated rings. The van der Waals surface area contributed by atoms with Crippen LogP contribution in [-0.4, -0.2) is 39.3 Å². The van der Waals surface area contributed by atoms with E-state index in [1.165, 1.54) is 19.2 Å². The highest BCUT2D eigenvalue weighted by atomic mass is 32.2. The molecule has 1 aliphatic carbocycles. The Balaban J connectivity index is 2.09. The van der Waals surface area contributed by atoms with Gasteiger partial charge in [0, 0.05) is 25.2 Å². The van der Waals surface area contributed by atoms with Crippen LogP contribution in [0.2, 0.25) is 0 Å². The lowest BCUT2D eigenvalue weighted by molar-refractivity contribution is 0.145. The second-order valence-corrected chi connectivity index (χ2v) is 7.38. The van der Waals surface area contributed by atoms with Gasteiger partial charge in [-0.2, -0.15) is 8.42 Å². The minimum Gasteiger partial charge on any atom is -0.449 e. The van der Waals surface area contributed by atoms with Crippen molar-refractivity contribution in [2.24, 2.45) is 0 Å². The summed E-state index contributed by atoms with van der Waals surface area (Å²) in [5.74, 6) is -0.322. The predicted octanol–water partition coefficient (Wildman–Crippen LogP) is 2.83. The van der Waals surface area contributed by atoms with Crippen LogP contribution >= 0.6 is 0 Å². The molecule has 2 aromatic rings. The Kier molecular flexibility index (Phi) is 4.88. The summed E-state index contributed by atoms with van der Waals surface area (Å²) in [4.78, 5) is 11.3. The first-order valence-electron chi connectivity index (χ1n) is 8.19. The zero-order valence-corrected chi connectivity index (χ0v) is 15.3. The Labute approximate surface area is 152 Å². The van der Waals surface area contributed by atoms with Crippen molar-refractivity contribution in [2.45, 2.75) is 17.7 Å². The number of rotatable bonds is 5. The van der Waals surface area contributed by atoms with Crippen LogP contribution in [0.4, 0.5) is 10.5 Å². The van der Waals surface area contributed by atoms with Gasteiger partial charge in [-0.05, 0) is 53.4 Å². The molecule has 0 bridgehead atoms. The Morgan fingerprint density at radius 1 is 1.15 bits per heavy atom. The van der Waals surface area contributed by atoms with E-state index in [2.05, 4.69) is 10.6 Å². The highest BCUT2D eigenvalue weighted by Crippen LogP contribution is 2.46. The fraction of sp³-hybridized carbons (Fsp3) is 0.278. The lowest BCUT2D eigenvalue weighted by Crippen LogP contribution is -2.22. The molecule has 0 radical (unpaired) electrons. The van der Waals surface area contributed by atoms with E-state index in [4.69, 9.17) is 4.74 Å². The lowest BCUT2D eigenvalue weighted by atomic mass is 9.97. The molecule has 2 aromatic carbocycles. The molecule has 0 heterocycles. The minimum absolute atomic E-state index is 0.0597. The molecule has 3 rings (SSSR count). The number of carbonyl (C=O) groups excluding carboxylic acids is 1. The van der Waals surface area contributed by atoms with Gasteiger partial charge >= 0.3 is 6.09 Å². The molecule has 0 aliphatic heterocycles. The van der Waals surface area contributed by atoms with Gasteiger partial charge in [0.1, 0.15) is 6.61 Å². The normalized spacial score (nSPS) is 15.1. The maximum atomic E-state index is 11.5. The van der Waals surface area contributed by atoms with Crippen molar-refractivity contribution >= 4 is 21.9 Å². The molecule has 26 heavy (non-hydrogen) atoms. The standard InChI is InChI=1S/C18H20N2O5S/c1-3-20-11-4-6-13-14-7-5-12(26(22,23)24)9-16(14)17(15(13)8-11)10-25-18(21)19-2/h4-9,17,20H,3,10H2,1-2H3,(H,19,21)(H,22,23,24). The molecule has 0 aromatic heterocycles. The largest absolute Gasteiger partial charge is 0.449 e. The van der Waals surface area contributed by atoms with Crippen LogP contribution in [0.15, 0.2) is 41.3 Å². The van der Waals surface area contributed by atoms with E-state index in [0.717, 1.165) is 28.9 Å². The number of hydrogen-bond acceptors (Lipinski definition) is 5. The monoisotopic (exact) mass is 376 g/mol. The second-order valence-electron chi connectivity index (χ2n) is 5.96. The molecular formula is C18H20N2O5S. The van der Waals surface area contributed by atoms with Crippen LogP contribution < -0.4 is 10.6 Å². The van der Waals surface area contributed by atoms with Gasteiger partial charge in [-0.15, -0.1) is 0 Å². The summed E-state index contributed by atoms with van der Waals surface area (Å²) in [5, 5.41) is 5.64. The van der Waals surface area contributed by atoms with E-state index >= 15 is 0 Å². The number of benzene rings is 2. The van der Waals surface area contributed by atoms with Gasteiger partial charge in [0.2, 0.25) is 0 Å². The van der Waals surface area contributed by atoms with Crippen LogP contribution in [0.3, 0.4) is 0 Å². The van der Waals surface area contributed by atoms with Gasteiger partial charge in [-0.1, -0.05) is 12.1 Å². The van der Waals surface area contributed by atoms with Crippen molar-refractivity contribution in [3.63, 3.8) is 0 Å². The fourth-order valence-electron chi connectivity index (χ4n) is 3.22. The van der Waals surface area contributed by atoms with Crippen molar-refractivity contribution in [3.8, 4) is 11.1 Å². The van der Waals surface area contributed by atoms with E-state index in [1.807, 2.05) is 25.1 Å². The number of fused-ring (bicyclic) bond motifs is 3. The molecule has 0 spiro atoms. The highest BCUT2D eigenvalue weighted by molar-refractivity contribution is 7.85. The Morgan fingerprint density at radius 3 is 2.42 bits per heavy atom. The molecule has 0 saturated carbocycles. The van der Waals surface area contributed by atoms with E-state index < -0.39 is 16.2 Å². The van der Waals surface area contributed by atoms with E-state index in [0.29, 0.717) is 5.56 Å². The molecule has 1 aliphatic rings. The molecule has 1 atom stereocenters. The van der Waals surface area contributed by atoms with Gasteiger partial charge in [0.05, 0.1) is 4.90 Å². The number of carbonyl (C=O) groups is 1.